The third-order valence-corrected chi connectivity index (χ3v) is 4.68. The second-order valence-corrected chi connectivity index (χ2v) is 6.70. The van der Waals surface area contributed by atoms with Crippen LogP contribution >= 0.6 is 23.2 Å². The molecule has 5 nitrogen and oxygen atoms in total. The van der Waals surface area contributed by atoms with Gasteiger partial charge in [-0.25, -0.2) is 4.98 Å². The maximum atomic E-state index is 12.2. The van der Waals surface area contributed by atoms with Crippen molar-refractivity contribution >= 4 is 29.1 Å². The second kappa shape index (κ2) is 8.01. The van der Waals surface area contributed by atoms with Gasteiger partial charge in [0.1, 0.15) is 6.26 Å². The molecule has 1 fully saturated rings. The van der Waals surface area contributed by atoms with E-state index in [1.165, 1.54) is 6.26 Å². The van der Waals surface area contributed by atoms with Crippen LogP contribution in [-0.4, -0.2) is 30.5 Å². The Morgan fingerprint density at radius 3 is 3.04 bits per heavy atom. The molecule has 0 spiro atoms. The Kier molecular flexibility index (Phi) is 5.76. The smallest absolute Gasteiger partial charge is 0.273 e. The normalized spacial score (nSPS) is 17.7. The summed E-state index contributed by atoms with van der Waals surface area (Å²) >= 11 is 12.0. The summed E-state index contributed by atoms with van der Waals surface area (Å²) in [4.78, 5) is 16.5. The minimum absolute atomic E-state index is 0.237. The number of hydrogen-bond acceptors (Lipinski definition) is 4. The molecule has 2 heterocycles. The van der Waals surface area contributed by atoms with Crippen molar-refractivity contribution in [1.82, 2.24) is 15.6 Å². The molecular formula is C17H19Cl2N3O2. The highest BCUT2D eigenvalue weighted by atomic mass is 35.5. The van der Waals surface area contributed by atoms with Gasteiger partial charge < -0.3 is 15.1 Å². The van der Waals surface area contributed by atoms with Crippen LogP contribution in [0.1, 0.15) is 40.7 Å². The standard InChI is InChI=1S/C17H19Cl2N3O2/c18-13-4-3-11(14(19)8-13)5-7-21-16(23)15-10-24-17(22-15)12-2-1-6-20-9-12/h3-4,8,10,12,20H,1-2,5-7,9H2,(H,21,23). The fraction of sp³-hybridized carbons (Fsp3) is 0.412. The average Bonchev–Trinajstić information content (AvgIpc) is 3.08. The lowest BCUT2D eigenvalue weighted by atomic mass is 10.00. The molecule has 0 saturated carbocycles. The molecule has 128 valence electrons. The lowest BCUT2D eigenvalue weighted by Gasteiger charge is -2.19. The zero-order valence-corrected chi connectivity index (χ0v) is 14.7. The highest BCUT2D eigenvalue weighted by molar-refractivity contribution is 6.35. The van der Waals surface area contributed by atoms with Gasteiger partial charge in [-0.1, -0.05) is 29.3 Å². The summed E-state index contributed by atoms with van der Waals surface area (Å²) in [6, 6.07) is 5.34. The molecule has 1 unspecified atom stereocenters. The Bertz CT molecular complexity index is 712. The topological polar surface area (TPSA) is 67.2 Å². The van der Waals surface area contributed by atoms with E-state index >= 15 is 0 Å². The first-order chi connectivity index (χ1) is 11.6. The Labute approximate surface area is 150 Å². The minimum atomic E-state index is -0.237. The van der Waals surface area contributed by atoms with Crippen molar-refractivity contribution in [3.8, 4) is 0 Å². The van der Waals surface area contributed by atoms with Gasteiger partial charge in [-0.15, -0.1) is 0 Å². The maximum absolute atomic E-state index is 12.2. The molecule has 1 aliphatic heterocycles. The number of hydrogen-bond donors (Lipinski definition) is 2. The van der Waals surface area contributed by atoms with Crippen molar-refractivity contribution in [2.24, 2.45) is 0 Å². The number of halogens is 2. The molecule has 1 amide bonds. The van der Waals surface area contributed by atoms with Crippen LogP contribution in [0.25, 0.3) is 0 Å². The number of oxazole rings is 1. The summed E-state index contributed by atoms with van der Waals surface area (Å²) < 4.78 is 5.47. The zero-order chi connectivity index (χ0) is 16.9. The number of rotatable bonds is 5. The SMILES string of the molecule is O=C(NCCc1ccc(Cl)cc1Cl)c1coc(C2CCCNC2)n1. The van der Waals surface area contributed by atoms with E-state index in [0.717, 1.165) is 31.5 Å². The van der Waals surface area contributed by atoms with E-state index < -0.39 is 0 Å². The molecule has 0 bridgehead atoms. The van der Waals surface area contributed by atoms with Crippen LogP contribution in [0.2, 0.25) is 10.0 Å². The van der Waals surface area contributed by atoms with Crippen molar-refractivity contribution in [2.75, 3.05) is 19.6 Å². The number of carbonyl (C=O) groups is 1. The molecule has 1 aromatic heterocycles. The predicted octanol–water partition coefficient (Wildman–Crippen LogP) is 3.42. The molecule has 24 heavy (non-hydrogen) atoms. The molecule has 2 aromatic rings. The van der Waals surface area contributed by atoms with Gasteiger partial charge in [0.2, 0.25) is 0 Å². The third-order valence-electron chi connectivity index (χ3n) is 4.10. The van der Waals surface area contributed by atoms with Gasteiger partial charge in [0.05, 0.1) is 0 Å². The first-order valence-electron chi connectivity index (χ1n) is 8.02. The lowest BCUT2D eigenvalue weighted by Crippen LogP contribution is -2.29. The third kappa shape index (κ3) is 4.29. The lowest BCUT2D eigenvalue weighted by molar-refractivity contribution is 0.0949. The van der Waals surface area contributed by atoms with Crippen LogP contribution < -0.4 is 10.6 Å². The fourth-order valence-corrected chi connectivity index (χ4v) is 3.27. The van der Waals surface area contributed by atoms with Crippen LogP contribution in [0, 0.1) is 0 Å². The summed E-state index contributed by atoms with van der Waals surface area (Å²) in [5.74, 6) is 0.639. The van der Waals surface area contributed by atoms with Crippen LogP contribution in [0.15, 0.2) is 28.9 Å². The van der Waals surface area contributed by atoms with Crippen LogP contribution in [-0.2, 0) is 6.42 Å². The molecule has 1 aliphatic rings. The second-order valence-electron chi connectivity index (χ2n) is 5.86. The number of nitrogens with zero attached hydrogens (tertiary/aromatic N) is 1. The Morgan fingerprint density at radius 2 is 2.29 bits per heavy atom. The number of piperidine rings is 1. The van der Waals surface area contributed by atoms with Crippen molar-refractivity contribution in [3.63, 3.8) is 0 Å². The van der Waals surface area contributed by atoms with E-state index in [2.05, 4.69) is 15.6 Å². The number of nitrogens with one attached hydrogen (secondary N) is 2. The van der Waals surface area contributed by atoms with E-state index in [1.807, 2.05) is 6.07 Å². The number of benzene rings is 1. The Balaban J connectivity index is 1.52. The van der Waals surface area contributed by atoms with Gasteiger partial charge in [-0.3, -0.25) is 4.79 Å². The van der Waals surface area contributed by atoms with Crippen molar-refractivity contribution in [1.29, 1.82) is 0 Å². The zero-order valence-electron chi connectivity index (χ0n) is 13.1. The largest absolute Gasteiger partial charge is 0.448 e. The number of aromatic nitrogens is 1. The first kappa shape index (κ1) is 17.3. The van der Waals surface area contributed by atoms with Crippen LogP contribution in [0.4, 0.5) is 0 Å². The molecule has 2 N–H and O–H groups in total. The molecule has 1 aromatic carbocycles. The molecule has 1 saturated heterocycles. The summed E-state index contributed by atoms with van der Waals surface area (Å²) in [6.45, 7) is 2.34. The predicted molar refractivity (Wildman–Crippen MR) is 93.8 cm³/mol. The maximum Gasteiger partial charge on any atom is 0.273 e. The van der Waals surface area contributed by atoms with Crippen molar-refractivity contribution < 1.29 is 9.21 Å². The summed E-state index contributed by atoms with van der Waals surface area (Å²) in [5.41, 5.74) is 1.26. The quantitative estimate of drug-likeness (QED) is 0.849. The molecule has 7 heteroatoms. The fourth-order valence-electron chi connectivity index (χ4n) is 2.77. The monoisotopic (exact) mass is 367 g/mol. The highest BCUT2D eigenvalue weighted by Crippen LogP contribution is 2.23. The van der Waals surface area contributed by atoms with E-state index in [1.54, 1.807) is 12.1 Å². The minimum Gasteiger partial charge on any atom is -0.448 e. The van der Waals surface area contributed by atoms with Gasteiger partial charge >= 0.3 is 0 Å². The van der Waals surface area contributed by atoms with E-state index in [4.69, 9.17) is 27.6 Å². The molecule has 1 atom stereocenters. The number of carbonyl (C=O) groups excluding carboxylic acids is 1. The Morgan fingerprint density at radius 1 is 1.42 bits per heavy atom. The van der Waals surface area contributed by atoms with Gasteiger partial charge in [-0.2, -0.15) is 0 Å². The van der Waals surface area contributed by atoms with Crippen molar-refractivity contribution in [3.05, 3.63) is 51.7 Å². The molecule has 3 rings (SSSR count). The van der Waals surface area contributed by atoms with Crippen molar-refractivity contribution in [2.45, 2.75) is 25.2 Å². The molecular weight excluding hydrogens is 349 g/mol. The van der Waals surface area contributed by atoms with E-state index in [0.29, 0.717) is 34.6 Å². The molecule has 0 aliphatic carbocycles. The summed E-state index contributed by atoms with van der Waals surface area (Å²) in [5, 5.41) is 7.35. The Hall–Kier alpha value is -1.56. The van der Waals surface area contributed by atoms with Crippen LogP contribution in [0.5, 0.6) is 0 Å². The highest BCUT2D eigenvalue weighted by Gasteiger charge is 2.21. The average molecular weight is 368 g/mol. The first-order valence-corrected chi connectivity index (χ1v) is 8.77. The molecule has 0 radical (unpaired) electrons. The van der Waals surface area contributed by atoms with Gasteiger partial charge in [0.15, 0.2) is 11.6 Å². The van der Waals surface area contributed by atoms with Gasteiger partial charge in [-0.05, 0) is 43.5 Å². The van der Waals surface area contributed by atoms with E-state index in [-0.39, 0.29) is 11.8 Å². The number of amides is 1. The summed E-state index contributed by atoms with van der Waals surface area (Å²) in [6.07, 6.45) is 4.17. The van der Waals surface area contributed by atoms with Crippen LogP contribution in [0.3, 0.4) is 0 Å². The van der Waals surface area contributed by atoms with Gasteiger partial charge in [0, 0.05) is 29.1 Å². The summed E-state index contributed by atoms with van der Waals surface area (Å²) in [7, 11) is 0. The van der Waals surface area contributed by atoms with Gasteiger partial charge in [0.25, 0.3) is 5.91 Å². The van der Waals surface area contributed by atoms with E-state index in [9.17, 15) is 4.79 Å².